The molecule has 1 atom stereocenters. The van der Waals surface area contributed by atoms with Gasteiger partial charge in [0.25, 0.3) is 5.91 Å². The van der Waals surface area contributed by atoms with E-state index < -0.39 is 5.97 Å². The topological polar surface area (TPSA) is 215 Å². The number of nitrogens with one attached hydrogen (secondary N) is 4. The Bertz CT molecular complexity index is 1780. The number of hydrogen-bond donors (Lipinski definition) is 6. The van der Waals surface area contributed by atoms with Crippen molar-refractivity contribution in [2.75, 3.05) is 19.6 Å². The van der Waals surface area contributed by atoms with E-state index in [2.05, 4.69) is 55.1 Å². The number of aliphatic hydroxyl groups excluding tert-OH is 1. The Balaban J connectivity index is 0.000000138. The molecule has 9 heterocycles. The highest BCUT2D eigenvalue weighted by Gasteiger charge is 2.35. The number of nitrogens with zero attached hydrogens (tertiary/aromatic N) is 7. The number of fused-ring (bicyclic) bond motifs is 6. The number of aromatic amines is 3. The van der Waals surface area contributed by atoms with Crippen molar-refractivity contribution < 1.29 is 19.8 Å². The van der Waals surface area contributed by atoms with Crippen LogP contribution in [0.2, 0.25) is 0 Å². The molecule has 0 spiro atoms. The predicted molar refractivity (Wildman–Crippen MR) is 162 cm³/mol. The number of carbonyl (C=O) groups is 2. The first-order valence-electron chi connectivity index (χ1n) is 13.8. The van der Waals surface area contributed by atoms with Gasteiger partial charge in [-0.15, -0.1) is 12.4 Å². The number of rotatable bonds is 4. The van der Waals surface area contributed by atoms with Crippen LogP contribution in [-0.4, -0.2) is 97.5 Å². The van der Waals surface area contributed by atoms with Crippen LogP contribution < -0.4 is 5.32 Å². The monoisotopic (exact) mass is 619 g/mol. The summed E-state index contributed by atoms with van der Waals surface area (Å²) in [5, 5.41) is 20.4. The van der Waals surface area contributed by atoms with Gasteiger partial charge in [-0.25, -0.2) is 34.7 Å². The fourth-order valence-corrected chi connectivity index (χ4v) is 5.23. The standard InChI is InChI=1S/C14H17N5O.C7H5N3O2.C7H7N3O.ClH/c20-14(13-16-10-2-1-5-15-12(10)18-13)17-11-8-19-6-3-9(11)4-7-19;11-7(12)6-9-4-2-1-3-8-5(4)10-6;11-4-6-9-5-2-1-3-8-7(5)10-6;/h1-2,5,9,11H,3-4,6-8H2,(H,17,20)(H,15,16,18);1-3H,(H,11,12)(H,8,9,10);1-3,11H,4H2,(H,8,9,10);1H/t11-;;;/m0.../s1. The molecule has 6 aromatic heterocycles. The zero-order valence-corrected chi connectivity index (χ0v) is 24.2. The van der Waals surface area contributed by atoms with Gasteiger partial charge in [0.1, 0.15) is 12.4 Å². The second-order valence-corrected chi connectivity index (χ2v) is 10.2. The summed E-state index contributed by atoms with van der Waals surface area (Å²) in [7, 11) is 0. The number of hydrogen-bond acceptors (Lipinski definition) is 10. The van der Waals surface area contributed by atoms with Crippen LogP contribution in [-0.2, 0) is 6.61 Å². The normalized spacial score (nSPS) is 18.5. The molecule has 3 fully saturated rings. The van der Waals surface area contributed by atoms with Crippen LogP contribution >= 0.6 is 12.4 Å². The first kappa shape index (κ1) is 30.5. The molecule has 15 nitrogen and oxygen atoms in total. The number of carbonyl (C=O) groups excluding carboxylic acids is 1. The lowest BCUT2D eigenvalue weighted by molar-refractivity contribution is 0.0615. The van der Waals surface area contributed by atoms with Crippen LogP contribution in [0, 0.1) is 5.92 Å². The Hall–Kier alpha value is -4.99. The van der Waals surface area contributed by atoms with Crippen LogP contribution in [0.25, 0.3) is 33.5 Å². The predicted octanol–water partition coefficient (Wildman–Crippen LogP) is 2.31. The number of aromatic nitrogens is 9. The first-order valence-corrected chi connectivity index (χ1v) is 13.8. The number of piperidine rings is 3. The third-order valence-electron chi connectivity index (χ3n) is 7.36. The van der Waals surface area contributed by atoms with Crippen molar-refractivity contribution in [2.24, 2.45) is 5.92 Å². The van der Waals surface area contributed by atoms with Crippen LogP contribution in [0.4, 0.5) is 0 Å². The minimum Gasteiger partial charge on any atom is -0.475 e. The average molecular weight is 620 g/mol. The van der Waals surface area contributed by atoms with E-state index in [1.54, 1.807) is 30.7 Å². The maximum atomic E-state index is 12.3. The lowest BCUT2D eigenvalue weighted by Crippen LogP contribution is -2.57. The number of aromatic carboxylic acids is 1. The molecule has 0 aliphatic carbocycles. The second kappa shape index (κ2) is 13.5. The van der Waals surface area contributed by atoms with E-state index >= 15 is 0 Å². The molecule has 16 heteroatoms. The zero-order chi connectivity index (χ0) is 29.8. The maximum absolute atomic E-state index is 12.3. The molecule has 6 aromatic rings. The van der Waals surface area contributed by atoms with Gasteiger partial charge in [-0.3, -0.25) is 4.79 Å². The molecule has 0 radical (unpaired) electrons. The van der Waals surface area contributed by atoms with Gasteiger partial charge in [0.2, 0.25) is 5.82 Å². The maximum Gasteiger partial charge on any atom is 0.371 e. The lowest BCUT2D eigenvalue weighted by Gasteiger charge is -2.44. The van der Waals surface area contributed by atoms with E-state index in [9.17, 15) is 9.59 Å². The summed E-state index contributed by atoms with van der Waals surface area (Å²) in [5.74, 6) is 0.249. The third-order valence-corrected chi connectivity index (χ3v) is 7.36. The van der Waals surface area contributed by atoms with E-state index in [-0.39, 0.29) is 36.8 Å². The smallest absolute Gasteiger partial charge is 0.371 e. The average Bonchev–Trinajstić information content (AvgIpc) is 3.79. The minimum atomic E-state index is -1.08. The number of carboxylic acid groups (broad SMARTS) is 1. The van der Waals surface area contributed by atoms with E-state index in [0.29, 0.717) is 40.0 Å². The van der Waals surface area contributed by atoms with Gasteiger partial charge >= 0.3 is 5.97 Å². The van der Waals surface area contributed by atoms with Crippen molar-refractivity contribution in [1.29, 1.82) is 0 Å². The Kier molecular flexibility index (Phi) is 9.38. The SMILES string of the molecule is Cl.O=C(N[C@H]1CN2CCC1CC2)c1nc2ncccc2[nH]1.O=C(O)c1nc2ncccc2[nH]1.OCc1nc2ncccc2[nH]1. The Morgan fingerprint density at radius 3 is 1.82 bits per heavy atom. The summed E-state index contributed by atoms with van der Waals surface area (Å²) < 4.78 is 0. The van der Waals surface area contributed by atoms with Crippen LogP contribution in [0.3, 0.4) is 0 Å². The molecule has 9 rings (SSSR count). The summed E-state index contributed by atoms with van der Waals surface area (Å²) in [5.41, 5.74) is 3.95. The van der Waals surface area contributed by atoms with Crippen LogP contribution in [0.1, 0.15) is 39.9 Å². The Morgan fingerprint density at radius 1 is 0.818 bits per heavy atom. The largest absolute Gasteiger partial charge is 0.475 e. The molecule has 1 amide bonds. The number of halogens is 1. The highest BCUT2D eigenvalue weighted by atomic mass is 35.5. The molecule has 0 unspecified atom stereocenters. The number of pyridine rings is 3. The molecule has 0 aromatic carbocycles. The molecule has 2 bridgehead atoms. The summed E-state index contributed by atoms with van der Waals surface area (Å²) in [6, 6.07) is 11.1. The van der Waals surface area contributed by atoms with Crippen LogP contribution in [0.5, 0.6) is 0 Å². The number of carboxylic acids is 1. The van der Waals surface area contributed by atoms with Gasteiger partial charge < -0.3 is 35.4 Å². The van der Waals surface area contributed by atoms with Gasteiger partial charge in [0.15, 0.2) is 22.8 Å². The van der Waals surface area contributed by atoms with E-state index in [1.807, 2.05) is 24.3 Å². The molecule has 3 aliphatic heterocycles. The van der Waals surface area contributed by atoms with Crippen molar-refractivity contribution in [3.05, 3.63) is 72.5 Å². The minimum absolute atomic E-state index is 0. The highest BCUT2D eigenvalue weighted by Crippen LogP contribution is 2.27. The molecule has 3 saturated heterocycles. The van der Waals surface area contributed by atoms with E-state index in [1.165, 1.54) is 25.9 Å². The molecule has 3 aliphatic rings. The van der Waals surface area contributed by atoms with Gasteiger partial charge in [-0.05, 0) is 68.2 Å². The summed E-state index contributed by atoms with van der Waals surface area (Å²) in [6.07, 6.45) is 7.29. The summed E-state index contributed by atoms with van der Waals surface area (Å²) in [4.78, 5) is 57.8. The van der Waals surface area contributed by atoms with Crippen molar-refractivity contribution >= 4 is 57.8 Å². The molecule has 6 N–H and O–H groups in total. The Labute approximate surface area is 256 Å². The van der Waals surface area contributed by atoms with Crippen LogP contribution in [0.15, 0.2) is 55.0 Å². The fraction of sp³-hybridized carbons (Fsp3) is 0.286. The second-order valence-electron chi connectivity index (χ2n) is 10.2. The molecule has 228 valence electrons. The van der Waals surface area contributed by atoms with Gasteiger partial charge in [-0.2, -0.15) is 0 Å². The van der Waals surface area contributed by atoms with Gasteiger partial charge in [0, 0.05) is 31.2 Å². The lowest BCUT2D eigenvalue weighted by atomic mass is 9.84. The number of amides is 1. The van der Waals surface area contributed by atoms with Crippen molar-refractivity contribution in [3.8, 4) is 0 Å². The third kappa shape index (κ3) is 6.80. The van der Waals surface area contributed by atoms with Crippen molar-refractivity contribution in [1.82, 2.24) is 55.1 Å². The molecular weight excluding hydrogens is 590 g/mol. The quantitative estimate of drug-likeness (QED) is 0.168. The molecular formula is C28H30ClN11O4. The number of H-pyrrole nitrogens is 3. The fourth-order valence-electron chi connectivity index (χ4n) is 5.23. The van der Waals surface area contributed by atoms with Gasteiger partial charge in [-0.1, -0.05) is 0 Å². The van der Waals surface area contributed by atoms with E-state index in [4.69, 9.17) is 10.2 Å². The summed E-state index contributed by atoms with van der Waals surface area (Å²) in [6.45, 7) is 3.24. The zero-order valence-electron chi connectivity index (χ0n) is 23.3. The van der Waals surface area contributed by atoms with Gasteiger partial charge in [0.05, 0.1) is 16.6 Å². The Morgan fingerprint density at radius 2 is 1.34 bits per heavy atom. The molecule has 0 saturated carbocycles. The first-order chi connectivity index (χ1) is 21.0. The summed E-state index contributed by atoms with van der Waals surface area (Å²) >= 11 is 0. The van der Waals surface area contributed by atoms with Crippen molar-refractivity contribution in [2.45, 2.75) is 25.5 Å². The highest BCUT2D eigenvalue weighted by molar-refractivity contribution is 5.93. The van der Waals surface area contributed by atoms with Crippen molar-refractivity contribution in [3.63, 3.8) is 0 Å². The number of aliphatic hydroxyl groups is 1. The molecule has 44 heavy (non-hydrogen) atoms. The number of imidazole rings is 3. The van der Waals surface area contributed by atoms with E-state index in [0.717, 1.165) is 17.6 Å².